The van der Waals surface area contributed by atoms with Crippen LogP contribution in [0.4, 0.5) is 0 Å². The van der Waals surface area contributed by atoms with Gasteiger partial charge in [-0.1, -0.05) is 41.9 Å². The number of azide groups is 1. The Morgan fingerprint density at radius 3 is 2.60 bits per heavy atom. The number of rotatable bonds is 6. The van der Waals surface area contributed by atoms with Crippen LogP contribution in [0.3, 0.4) is 0 Å². The van der Waals surface area contributed by atoms with Crippen molar-refractivity contribution in [2.75, 3.05) is 6.61 Å². The van der Waals surface area contributed by atoms with Crippen LogP contribution < -0.4 is 0 Å². The molecule has 1 unspecified atom stereocenters. The van der Waals surface area contributed by atoms with E-state index in [1.54, 1.807) is 0 Å². The number of benzene rings is 1. The van der Waals surface area contributed by atoms with Gasteiger partial charge in [0, 0.05) is 11.5 Å². The van der Waals surface area contributed by atoms with Crippen LogP contribution >= 0.6 is 0 Å². The average molecular weight is 205 g/mol. The van der Waals surface area contributed by atoms with E-state index in [1.807, 2.05) is 30.3 Å². The third-order valence-corrected chi connectivity index (χ3v) is 2.26. The Labute approximate surface area is 89.2 Å². The molecule has 0 aliphatic heterocycles. The van der Waals surface area contributed by atoms with E-state index in [1.165, 1.54) is 0 Å². The van der Waals surface area contributed by atoms with Gasteiger partial charge in [-0.05, 0) is 23.9 Å². The van der Waals surface area contributed by atoms with Crippen LogP contribution in [0.15, 0.2) is 35.4 Å². The molecule has 0 amide bonds. The van der Waals surface area contributed by atoms with Crippen LogP contribution in [0.2, 0.25) is 0 Å². The maximum absolute atomic E-state index is 8.68. The standard InChI is InChI=1S/C11H15N3O/c12-14-13-11(8-4-5-9-15)10-6-2-1-3-7-10/h1-3,6-7,11,15H,4-5,8-9H2. The molecule has 0 radical (unpaired) electrons. The highest BCUT2D eigenvalue weighted by Gasteiger charge is 2.07. The summed E-state index contributed by atoms with van der Waals surface area (Å²) in [4.78, 5) is 2.85. The molecule has 80 valence electrons. The van der Waals surface area contributed by atoms with Crippen molar-refractivity contribution >= 4 is 0 Å². The lowest BCUT2D eigenvalue weighted by Gasteiger charge is -2.10. The second-order valence-corrected chi connectivity index (χ2v) is 3.35. The molecule has 0 spiro atoms. The highest BCUT2D eigenvalue weighted by molar-refractivity contribution is 5.18. The summed E-state index contributed by atoms with van der Waals surface area (Å²) in [5, 5.41) is 12.4. The first kappa shape index (κ1) is 11.6. The fourth-order valence-corrected chi connectivity index (χ4v) is 1.48. The Morgan fingerprint density at radius 2 is 2.00 bits per heavy atom. The summed E-state index contributed by atoms with van der Waals surface area (Å²) in [5.74, 6) is 0. The van der Waals surface area contributed by atoms with Gasteiger partial charge in [0.1, 0.15) is 0 Å². The van der Waals surface area contributed by atoms with Gasteiger partial charge in [-0.25, -0.2) is 0 Å². The van der Waals surface area contributed by atoms with Crippen molar-refractivity contribution in [2.24, 2.45) is 5.11 Å². The zero-order chi connectivity index (χ0) is 10.9. The van der Waals surface area contributed by atoms with Crippen LogP contribution in [0.5, 0.6) is 0 Å². The number of nitrogens with zero attached hydrogens (tertiary/aromatic N) is 3. The highest BCUT2D eigenvalue weighted by atomic mass is 16.2. The maximum Gasteiger partial charge on any atom is 0.0625 e. The van der Waals surface area contributed by atoms with Gasteiger partial charge in [-0.3, -0.25) is 0 Å². The van der Waals surface area contributed by atoms with E-state index < -0.39 is 0 Å². The molecule has 0 fully saturated rings. The molecule has 4 nitrogen and oxygen atoms in total. The number of hydrogen-bond donors (Lipinski definition) is 1. The molecule has 0 aromatic heterocycles. The van der Waals surface area contributed by atoms with Crippen LogP contribution in [0.1, 0.15) is 30.9 Å². The monoisotopic (exact) mass is 205 g/mol. The minimum atomic E-state index is -0.109. The normalized spacial score (nSPS) is 11.8. The third-order valence-electron chi connectivity index (χ3n) is 2.26. The molecule has 4 heteroatoms. The molecule has 1 rings (SSSR count). The summed E-state index contributed by atoms with van der Waals surface area (Å²) >= 11 is 0. The SMILES string of the molecule is [N-]=[N+]=NC(CCCCO)c1ccccc1. The van der Waals surface area contributed by atoms with Crippen molar-refractivity contribution in [3.8, 4) is 0 Å². The lowest BCUT2D eigenvalue weighted by Crippen LogP contribution is -1.95. The van der Waals surface area contributed by atoms with E-state index in [0.717, 1.165) is 24.8 Å². The molecule has 15 heavy (non-hydrogen) atoms. The van der Waals surface area contributed by atoms with Gasteiger partial charge in [-0.15, -0.1) is 0 Å². The van der Waals surface area contributed by atoms with Crippen LogP contribution in [0, 0.1) is 0 Å². The molecule has 0 aliphatic carbocycles. The molecule has 1 N–H and O–H groups in total. The Balaban J connectivity index is 2.62. The van der Waals surface area contributed by atoms with Crippen molar-refractivity contribution in [2.45, 2.75) is 25.3 Å². The zero-order valence-corrected chi connectivity index (χ0v) is 8.58. The Morgan fingerprint density at radius 1 is 1.27 bits per heavy atom. The van der Waals surface area contributed by atoms with Crippen LogP contribution in [0.25, 0.3) is 10.4 Å². The molecular weight excluding hydrogens is 190 g/mol. The fourth-order valence-electron chi connectivity index (χ4n) is 1.48. The Bertz CT molecular complexity index is 320. The van der Waals surface area contributed by atoms with E-state index in [9.17, 15) is 0 Å². The Hall–Kier alpha value is -1.51. The molecule has 0 saturated carbocycles. The van der Waals surface area contributed by atoms with Crippen molar-refractivity contribution in [1.82, 2.24) is 0 Å². The number of aliphatic hydroxyl groups is 1. The molecule has 0 heterocycles. The van der Waals surface area contributed by atoms with E-state index in [4.69, 9.17) is 10.6 Å². The topological polar surface area (TPSA) is 69.0 Å². The zero-order valence-electron chi connectivity index (χ0n) is 8.58. The molecule has 0 bridgehead atoms. The molecule has 0 saturated heterocycles. The van der Waals surface area contributed by atoms with E-state index in [-0.39, 0.29) is 12.6 Å². The van der Waals surface area contributed by atoms with Crippen molar-refractivity contribution in [3.05, 3.63) is 46.3 Å². The second kappa shape index (κ2) is 6.87. The number of hydrogen-bond acceptors (Lipinski definition) is 2. The Kier molecular flexibility index (Phi) is 5.30. The van der Waals surface area contributed by atoms with Crippen LogP contribution in [-0.2, 0) is 0 Å². The first-order valence-corrected chi connectivity index (χ1v) is 5.08. The van der Waals surface area contributed by atoms with Crippen molar-refractivity contribution in [3.63, 3.8) is 0 Å². The van der Waals surface area contributed by atoms with Crippen molar-refractivity contribution in [1.29, 1.82) is 0 Å². The number of aliphatic hydroxyl groups excluding tert-OH is 1. The fraction of sp³-hybridized carbons (Fsp3) is 0.455. The third kappa shape index (κ3) is 4.02. The molecular formula is C11H15N3O. The quantitative estimate of drug-likeness (QED) is 0.329. The van der Waals surface area contributed by atoms with Gasteiger partial charge in [0.15, 0.2) is 0 Å². The maximum atomic E-state index is 8.68. The summed E-state index contributed by atoms with van der Waals surface area (Å²) in [6.45, 7) is 0.192. The molecule has 1 atom stereocenters. The highest BCUT2D eigenvalue weighted by Crippen LogP contribution is 2.23. The van der Waals surface area contributed by atoms with E-state index in [0.29, 0.717) is 0 Å². The van der Waals surface area contributed by atoms with Gasteiger partial charge in [-0.2, -0.15) is 0 Å². The summed E-state index contributed by atoms with van der Waals surface area (Å²) in [7, 11) is 0. The van der Waals surface area contributed by atoms with Gasteiger partial charge in [0.05, 0.1) is 6.04 Å². The largest absolute Gasteiger partial charge is 0.396 e. The van der Waals surface area contributed by atoms with Crippen molar-refractivity contribution < 1.29 is 5.11 Å². The van der Waals surface area contributed by atoms with Gasteiger partial charge in [0.25, 0.3) is 0 Å². The smallest absolute Gasteiger partial charge is 0.0625 e. The first-order chi connectivity index (χ1) is 7.38. The van der Waals surface area contributed by atoms with Crippen LogP contribution in [-0.4, -0.2) is 11.7 Å². The second-order valence-electron chi connectivity index (χ2n) is 3.35. The summed E-state index contributed by atoms with van der Waals surface area (Å²) in [5.41, 5.74) is 9.50. The minimum absolute atomic E-state index is 0.109. The summed E-state index contributed by atoms with van der Waals surface area (Å²) in [6.07, 6.45) is 2.41. The average Bonchev–Trinajstić information content (AvgIpc) is 2.29. The lowest BCUT2D eigenvalue weighted by atomic mass is 10.0. The van der Waals surface area contributed by atoms with Gasteiger partial charge in [0.2, 0.25) is 0 Å². The van der Waals surface area contributed by atoms with Gasteiger partial charge >= 0.3 is 0 Å². The van der Waals surface area contributed by atoms with E-state index >= 15 is 0 Å². The minimum Gasteiger partial charge on any atom is -0.396 e. The predicted molar refractivity (Wildman–Crippen MR) is 59.3 cm³/mol. The number of unbranched alkanes of at least 4 members (excludes halogenated alkanes) is 1. The van der Waals surface area contributed by atoms with Gasteiger partial charge < -0.3 is 5.11 Å². The summed E-state index contributed by atoms with van der Waals surface area (Å²) in [6, 6.07) is 9.60. The molecule has 0 aliphatic rings. The predicted octanol–water partition coefficient (Wildman–Crippen LogP) is 3.20. The summed E-state index contributed by atoms with van der Waals surface area (Å²) < 4.78 is 0. The molecule has 1 aromatic rings. The van der Waals surface area contributed by atoms with E-state index in [2.05, 4.69) is 10.0 Å². The molecule has 1 aromatic carbocycles. The first-order valence-electron chi connectivity index (χ1n) is 5.08. The lowest BCUT2D eigenvalue weighted by molar-refractivity contribution is 0.281.